The molecule has 0 aromatic heterocycles. The van der Waals surface area contributed by atoms with Gasteiger partial charge in [0, 0.05) is 18.5 Å². The van der Waals surface area contributed by atoms with Crippen molar-refractivity contribution in [3.05, 3.63) is 29.8 Å². The van der Waals surface area contributed by atoms with Crippen LogP contribution in [0.2, 0.25) is 0 Å². The predicted molar refractivity (Wildman–Crippen MR) is 69.7 cm³/mol. The summed E-state index contributed by atoms with van der Waals surface area (Å²) in [5.74, 6) is 0.806. The standard InChI is InChI=1S/C15H20FNO/c1-18-14-5-3-2-4-11(14)8-15(16)9-12-6-7-13(10-15)17-12/h2-5,12-13,17H,6-10H2,1H3. The Kier molecular flexibility index (Phi) is 3.02. The first-order chi connectivity index (χ1) is 8.68. The van der Waals surface area contributed by atoms with Gasteiger partial charge in [-0.15, -0.1) is 0 Å². The molecule has 1 N–H and O–H groups in total. The minimum atomic E-state index is -1.06. The predicted octanol–water partition coefficient (Wildman–Crippen LogP) is 2.86. The Labute approximate surface area is 108 Å². The Hall–Kier alpha value is -1.09. The average molecular weight is 249 g/mol. The number of hydrogen-bond acceptors (Lipinski definition) is 2. The van der Waals surface area contributed by atoms with Crippen molar-refractivity contribution in [2.75, 3.05) is 7.11 Å². The highest BCUT2D eigenvalue weighted by atomic mass is 19.1. The van der Waals surface area contributed by atoms with Gasteiger partial charge in [0.1, 0.15) is 11.4 Å². The lowest BCUT2D eigenvalue weighted by Crippen LogP contribution is -2.47. The Balaban J connectivity index is 1.79. The third kappa shape index (κ3) is 2.24. The maximum absolute atomic E-state index is 15.0. The molecular formula is C15H20FNO. The van der Waals surface area contributed by atoms with E-state index in [1.165, 1.54) is 0 Å². The minimum absolute atomic E-state index is 0.378. The first-order valence-corrected chi connectivity index (χ1v) is 6.75. The first kappa shape index (κ1) is 12.0. The van der Waals surface area contributed by atoms with Gasteiger partial charge in [-0.3, -0.25) is 0 Å². The van der Waals surface area contributed by atoms with E-state index in [-0.39, 0.29) is 0 Å². The summed E-state index contributed by atoms with van der Waals surface area (Å²) in [6.07, 6.45) is 4.01. The smallest absolute Gasteiger partial charge is 0.122 e. The average Bonchev–Trinajstić information content (AvgIpc) is 2.70. The molecule has 2 unspecified atom stereocenters. The second-order valence-electron chi connectivity index (χ2n) is 5.69. The van der Waals surface area contributed by atoms with E-state index in [1.807, 2.05) is 24.3 Å². The molecule has 2 bridgehead atoms. The van der Waals surface area contributed by atoms with Crippen LogP contribution >= 0.6 is 0 Å². The van der Waals surface area contributed by atoms with Gasteiger partial charge in [0.2, 0.25) is 0 Å². The highest BCUT2D eigenvalue weighted by Crippen LogP contribution is 2.40. The van der Waals surface area contributed by atoms with E-state index in [0.29, 0.717) is 31.3 Å². The number of nitrogens with one attached hydrogen (secondary N) is 1. The number of fused-ring (bicyclic) bond motifs is 2. The molecule has 2 nitrogen and oxygen atoms in total. The van der Waals surface area contributed by atoms with Crippen LogP contribution in [0.5, 0.6) is 5.75 Å². The van der Waals surface area contributed by atoms with E-state index < -0.39 is 5.67 Å². The van der Waals surface area contributed by atoms with E-state index in [9.17, 15) is 0 Å². The Morgan fingerprint density at radius 1 is 1.28 bits per heavy atom. The molecular weight excluding hydrogens is 229 g/mol. The van der Waals surface area contributed by atoms with Crippen molar-refractivity contribution in [3.63, 3.8) is 0 Å². The fourth-order valence-electron chi connectivity index (χ4n) is 3.53. The molecule has 3 heteroatoms. The van der Waals surface area contributed by atoms with Gasteiger partial charge in [0.05, 0.1) is 7.11 Å². The Morgan fingerprint density at radius 2 is 1.94 bits per heavy atom. The second kappa shape index (κ2) is 4.54. The summed E-state index contributed by atoms with van der Waals surface area (Å²) < 4.78 is 20.3. The number of hydrogen-bond donors (Lipinski definition) is 1. The lowest BCUT2D eigenvalue weighted by Gasteiger charge is -2.35. The van der Waals surface area contributed by atoms with Crippen LogP contribution in [0.25, 0.3) is 0 Å². The lowest BCUT2D eigenvalue weighted by molar-refractivity contribution is 0.0886. The second-order valence-corrected chi connectivity index (χ2v) is 5.69. The van der Waals surface area contributed by atoms with Crippen molar-refractivity contribution in [1.82, 2.24) is 5.32 Å². The molecule has 1 aromatic carbocycles. The van der Waals surface area contributed by atoms with Crippen LogP contribution in [0, 0.1) is 0 Å². The number of benzene rings is 1. The number of para-hydroxylation sites is 1. The summed E-state index contributed by atoms with van der Waals surface area (Å²) in [5.41, 5.74) is -0.0741. The zero-order chi connectivity index (χ0) is 12.6. The van der Waals surface area contributed by atoms with Gasteiger partial charge < -0.3 is 10.1 Å². The van der Waals surface area contributed by atoms with Gasteiger partial charge in [0.25, 0.3) is 0 Å². The SMILES string of the molecule is COc1ccccc1CC1(F)CC2CCC(C1)N2. The monoisotopic (exact) mass is 249 g/mol. The highest BCUT2D eigenvalue weighted by molar-refractivity contribution is 5.34. The van der Waals surface area contributed by atoms with E-state index in [2.05, 4.69) is 5.32 Å². The largest absolute Gasteiger partial charge is 0.496 e. The number of methoxy groups -OCH3 is 1. The number of piperidine rings is 1. The molecule has 2 saturated heterocycles. The summed E-state index contributed by atoms with van der Waals surface area (Å²) in [7, 11) is 1.65. The Morgan fingerprint density at radius 3 is 2.61 bits per heavy atom. The number of ether oxygens (including phenoxy) is 1. The molecule has 0 spiro atoms. The number of rotatable bonds is 3. The summed E-state index contributed by atoms with van der Waals surface area (Å²) in [6, 6.07) is 8.53. The molecule has 0 radical (unpaired) electrons. The minimum Gasteiger partial charge on any atom is -0.496 e. The quantitative estimate of drug-likeness (QED) is 0.889. The number of alkyl halides is 1. The van der Waals surface area contributed by atoms with E-state index >= 15 is 4.39 Å². The molecule has 1 aromatic rings. The molecule has 3 rings (SSSR count). The van der Waals surface area contributed by atoms with Gasteiger partial charge in [-0.1, -0.05) is 18.2 Å². The third-order valence-corrected chi connectivity index (χ3v) is 4.26. The van der Waals surface area contributed by atoms with Crippen molar-refractivity contribution >= 4 is 0 Å². The van der Waals surface area contributed by atoms with Gasteiger partial charge in [0.15, 0.2) is 0 Å². The molecule has 2 aliphatic heterocycles. The van der Waals surface area contributed by atoms with Crippen molar-refractivity contribution in [2.24, 2.45) is 0 Å². The summed E-state index contributed by atoms with van der Waals surface area (Å²) >= 11 is 0. The van der Waals surface area contributed by atoms with Crippen LogP contribution in [0.3, 0.4) is 0 Å². The van der Waals surface area contributed by atoms with Crippen molar-refractivity contribution in [3.8, 4) is 5.75 Å². The normalized spacial score (nSPS) is 34.6. The zero-order valence-electron chi connectivity index (χ0n) is 10.8. The summed E-state index contributed by atoms with van der Waals surface area (Å²) in [6.45, 7) is 0. The molecule has 2 heterocycles. The van der Waals surface area contributed by atoms with E-state index in [1.54, 1.807) is 7.11 Å². The van der Waals surface area contributed by atoms with Gasteiger partial charge in [-0.2, -0.15) is 0 Å². The van der Waals surface area contributed by atoms with Crippen LogP contribution in [0.4, 0.5) is 4.39 Å². The van der Waals surface area contributed by atoms with E-state index in [4.69, 9.17) is 4.74 Å². The van der Waals surface area contributed by atoms with Crippen LogP contribution in [-0.2, 0) is 6.42 Å². The topological polar surface area (TPSA) is 21.3 Å². The molecule has 0 amide bonds. The molecule has 0 aliphatic carbocycles. The fraction of sp³-hybridized carbons (Fsp3) is 0.600. The third-order valence-electron chi connectivity index (χ3n) is 4.26. The Bertz CT molecular complexity index is 422. The van der Waals surface area contributed by atoms with E-state index in [0.717, 1.165) is 24.2 Å². The summed E-state index contributed by atoms with van der Waals surface area (Å²) in [5, 5.41) is 3.49. The summed E-state index contributed by atoms with van der Waals surface area (Å²) in [4.78, 5) is 0. The lowest BCUT2D eigenvalue weighted by atomic mass is 9.84. The van der Waals surface area contributed by atoms with Gasteiger partial charge >= 0.3 is 0 Å². The fourth-order valence-corrected chi connectivity index (χ4v) is 3.53. The number of halogens is 1. The molecule has 0 saturated carbocycles. The van der Waals surface area contributed by atoms with Crippen LogP contribution in [-0.4, -0.2) is 24.9 Å². The zero-order valence-corrected chi connectivity index (χ0v) is 10.8. The molecule has 2 atom stereocenters. The van der Waals surface area contributed by atoms with Gasteiger partial charge in [-0.25, -0.2) is 4.39 Å². The van der Waals surface area contributed by atoms with Crippen molar-refractivity contribution < 1.29 is 9.13 Å². The van der Waals surface area contributed by atoms with Crippen LogP contribution in [0.15, 0.2) is 24.3 Å². The first-order valence-electron chi connectivity index (χ1n) is 6.75. The van der Waals surface area contributed by atoms with Crippen molar-refractivity contribution in [2.45, 2.75) is 49.9 Å². The van der Waals surface area contributed by atoms with Gasteiger partial charge in [-0.05, 0) is 37.3 Å². The molecule has 2 aliphatic rings. The molecule has 98 valence electrons. The van der Waals surface area contributed by atoms with Crippen molar-refractivity contribution in [1.29, 1.82) is 0 Å². The van der Waals surface area contributed by atoms with Crippen LogP contribution < -0.4 is 10.1 Å². The molecule has 18 heavy (non-hydrogen) atoms. The maximum Gasteiger partial charge on any atom is 0.122 e. The maximum atomic E-state index is 15.0. The molecule has 2 fully saturated rings. The highest BCUT2D eigenvalue weighted by Gasteiger charge is 2.44. The van der Waals surface area contributed by atoms with Crippen LogP contribution in [0.1, 0.15) is 31.2 Å².